The van der Waals surface area contributed by atoms with Crippen LogP contribution < -0.4 is 16.0 Å². The van der Waals surface area contributed by atoms with Crippen LogP contribution in [0.2, 0.25) is 0 Å². The van der Waals surface area contributed by atoms with E-state index in [4.69, 9.17) is 0 Å². The van der Waals surface area contributed by atoms with Gasteiger partial charge in [-0.1, -0.05) is 13.0 Å². The molecule has 0 unspecified atom stereocenters. The highest BCUT2D eigenvalue weighted by Gasteiger charge is 2.13. The average Bonchev–Trinajstić information content (AvgIpc) is 2.60. The van der Waals surface area contributed by atoms with Crippen molar-refractivity contribution < 1.29 is 23.2 Å². The molecule has 2 rings (SSSR count). The van der Waals surface area contributed by atoms with Crippen molar-refractivity contribution >= 4 is 29.1 Å². The quantitative estimate of drug-likeness (QED) is 0.695. The molecule has 0 atom stereocenters. The zero-order valence-electron chi connectivity index (χ0n) is 14.6. The van der Waals surface area contributed by atoms with E-state index in [1.54, 1.807) is 24.3 Å². The molecule has 0 heterocycles. The van der Waals surface area contributed by atoms with Gasteiger partial charge < -0.3 is 16.0 Å². The summed E-state index contributed by atoms with van der Waals surface area (Å²) in [5.74, 6) is -3.31. The average molecular weight is 375 g/mol. The van der Waals surface area contributed by atoms with E-state index in [-0.39, 0.29) is 11.5 Å². The molecule has 6 nitrogen and oxygen atoms in total. The predicted molar refractivity (Wildman–Crippen MR) is 97.3 cm³/mol. The number of nitrogens with one attached hydrogen (secondary N) is 3. The van der Waals surface area contributed by atoms with Crippen LogP contribution in [0, 0.1) is 11.6 Å². The van der Waals surface area contributed by atoms with E-state index in [0.717, 1.165) is 18.6 Å². The third kappa shape index (κ3) is 6.18. The first kappa shape index (κ1) is 20.0. The Morgan fingerprint density at radius 3 is 2.22 bits per heavy atom. The van der Waals surface area contributed by atoms with Gasteiger partial charge in [0.25, 0.3) is 5.91 Å². The van der Waals surface area contributed by atoms with Crippen LogP contribution in [0.25, 0.3) is 0 Å². The molecular weight excluding hydrogens is 356 g/mol. The van der Waals surface area contributed by atoms with Gasteiger partial charge in [0.15, 0.2) is 0 Å². The maximum absolute atomic E-state index is 13.5. The lowest BCUT2D eigenvalue weighted by molar-refractivity contribution is -0.116. The van der Waals surface area contributed by atoms with Crippen molar-refractivity contribution in [1.29, 1.82) is 0 Å². The van der Waals surface area contributed by atoms with E-state index in [2.05, 4.69) is 16.0 Å². The van der Waals surface area contributed by atoms with Gasteiger partial charge in [-0.25, -0.2) is 8.78 Å². The SMILES string of the molecule is CCCC(=O)Nc1cccc(NC(=O)CNC(=O)c2ccc(F)cc2F)c1. The molecule has 0 bridgehead atoms. The summed E-state index contributed by atoms with van der Waals surface area (Å²) < 4.78 is 26.4. The fraction of sp³-hybridized carbons (Fsp3) is 0.211. The van der Waals surface area contributed by atoms with Gasteiger partial charge >= 0.3 is 0 Å². The van der Waals surface area contributed by atoms with Crippen molar-refractivity contribution in [3.05, 3.63) is 59.7 Å². The van der Waals surface area contributed by atoms with Crippen LogP contribution in [0.15, 0.2) is 42.5 Å². The number of amides is 3. The number of rotatable bonds is 7. The van der Waals surface area contributed by atoms with Crippen molar-refractivity contribution in [2.45, 2.75) is 19.8 Å². The normalized spacial score (nSPS) is 10.2. The molecule has 0 fully saturated rings. The second-order valence-corrected chi connectivity index (χ2v) is 5.73. The fourth-order valence-corrected chi connectivity index (χ4v) is 2.26. The Labute approximate surface area is 155 Å². The molecule has 0 radical (unpaired) electrons. The van der Waals surface area contributed by atoms with Crippen LogP contribution in [0.5, 0.6) is 0 Å². The van der Waals surface area contributed by atoms with Crippen LogP contribution >= 0.6 is 0 Å². The molecule has 0 saturated carbocycles. The minimum atomic E-state index is -1.01. The van der Waals surface area contributed by atoms with Crippen LogP contribution in [-0.2, 0) is 9.59 Å². The molecule has 3 N–H and O–H groups in total. The first-order chi connectivity index (χ1) is 12.9. The highest BCUT2D eigenvalue weighted by Crippen LogP contribution is 2.15. The van der Waals surface area contributed by atoms with Gasteiger partial charge in [0, 0.05) is 23.9 Å². The fourth-order valence-electron chi connectivity index (χ4n) is 2.26. The van der Waals surface area contributed by atoms with Crippen molar-refractivity contribution in [2.75, 3.05) is 17.2 Å². The van der Waals surface area contributed by atoms with Gasteiger partial charge in [-0.3, -0.25) is 14.4 Å². The number of carbonyl (C=O) groups excluding carboxylic acids is 3. The first-order valence-electron chi connectivity index (χ1n) is 8.32. The highest BCUT2D eigenvalue weighted by molar-refractivity contribution is 6.00. The van der Waals surface area contributed by atoms with Crippen molar-refractivity contribution in [2.24, 2.45) is 0 Å². The Morgan fingerprint density at radius 1 is 0.926 bits per heavy atom. The summed E-state index contributed by atoms with van der Waals surface area (Å²) in [7, 11) is 0. The summed E-state index contributed by atoms with van der Waals surface area (Å²) >= 11 is 0. The van der Waals surface area contributed by atoms with Crippen LogP contribution in [0.1, 0.15) is 30.1 Å². The smallest absolute Gasteiger partial charge is 0.254 e. The number of benzene rings is 2. The molecule has 142 valence electrons. The zero-order valence-corrected chi connectivity index (χ0v) is 14.6. The molecule has 27 heavy (non-hydrogen) atoms. The Balaban J connectivity index is 1.90. The van der Waals surface area contributed by atoms with Gasteiger partial charge in [-0.05, 0) is 36.8 Å². The number of anilines is 2. The summed E-state index contributed by atoms with van der Waals surface area (Å²) in [6.07, 6.45) is 1.11. The molecule has 0 aliphatic heterocycles. The monoisotopic (exact) mass is 375 g/mol. The largest absolute Gasteiger partial charge is 0.343 e. The van der Waals surface area contributed by atoms with Crippen molar-refractivity contribution in [3.63, 3.8) is 0 Å². The topological polar surface area (TPSA) is 87.3 Å². The second-order valence-electron chi connectivity index (χ2n) is 5.73. The summed E-state index contributed by atoms with van der Waals surface area (Å²) in [5, 5.41) is 7.53. The molecule has 2 aromatic carbocycles. The number of halogens is 2. The summed E-state index contributed by atoms with van der Waals surface area (Å²) in [5.41, 5.74) is 0.602. The van der Waals surface area contributed by atoms with E-state index < -0.39 is 30.0 Å². The molecule has 0 aliphatic rings. The Hall–Kier alpha value is -3.29. The van der Waals surface area contributed by atoms with Crippen molar-refractivity contribution in [3.8, 4) is 0 Å². The molecule has 0 aliphatic carbocycles. The Kier molecular flexibility index (Phi) is 6.99. The number of hydrogen-bond donors (Lipinski definition) is 3. The van der Waals surface area contributed by atoms with E-state index in [9.17, 15) is 23.2 Å². The van der Waals surface area contributed by atoms with Gasteiger partial charge in [-0.2, -0.15) is 0 Å². The van der Waals surface area contributed by atoms with E-state index >= 15 is 0 Å². The van der Waals surface area contributed by atoms with Gasteiger partial charge in [0.05, 0.1) is 12.1 Å². The molecule has 0 saturated heterocycles. The van der Waals surface area contributed by atoms with Gasteiger partial charge in [0.2, 0.25) is 11.8 Å². The molecule has 0 spiro atoms. The van der Waals surface area contributed by atoms with Crippen LogP contribution in [0.4, 0.5) is 20.2 Å². The van der Waals surface area contributed by atoms with E-state index in [1.807, 2.05) is 6.92 Å². The molecule has 0 aromatic heterocycles. The lowest BCUT2D eigenvalue weighted by Gasteiger charge is -2.10. The third-order valence-corrected chi connectivity index (χ3v) is 3.49. The molecular formula is C19H19F2N3O3. The minimum absolute atomic E-state index is 0.130. The molecule has 3 amide bonds. The van der Waals surface area contributed by atoms with Gasteiger partial charge in [-0.15, -0.1) is 0 Å². The maximum Gasteiger partial charge on any atom is 0.254 e. The zero-order chi connectivity index (χ0) is 19.8. The summed E-state index contributed by atoms with van der Waals surface area (Å²) in [6.45, 7) is 1.49. The lowest BCUT2D eigenvalue weighted by atomic mass is 10.2. The maximum atomic E-state index is 13.5. The first-order valence-corrected chi connectivity index (χ1v) is 8.32. The number of hydrogen-bond acceptors (Lipinski definition) is 3. The Morgan fingerprint density at radius 2 is 1.59 bits per heavy atom. The van der Waals surface area contributed by atoms with Crippen LogP contribution in [0.3, 0.4) is 0 Å². The van der Waals surface area contributed by atoms with Gasteiger partial charge in [0.1, 0.15) is 11.6 Å². The molecule has 2 aromatic rings. The predicted octanol–water partition coefficient (Wildman–Crippen LogP) is 3.07. The Bertz CT molecular complexity index is 856. The lowest BCUT2D eigenvalue weighted by Crippen LogP contribution is -2.33. The van der Waals surface area contributed by atoms with E-state index in [1.165, 1.54) is 0 Å². The van der Waals surface area contributed by atoms with Crippen molar-refractivity contribution in [1.82, 2.24) is 5.32 Å². The number of carbonyl (C=O) groups is 3. The standard InChI is InChI=1S/C19H19F2N3O3/c1-2-4-17(25)23-13-5-3-6-14(10-13)24-18(26)11-22-19(27)15-8-7-12(20)9-16(15)21/h3,5-10H,2,4,11H2,1H3,(H,22,27)(H,23,25)(H,24,26). The second kappa shape index (κ2) is 9.42. The summed E-state index contributed by atoms with van der Waals surface area (Å²) in [4.78, 5) is 35.4. The highest BCUT2D eigenvalue weighted by atomic mass is 19.1. The van der Waals surface area contributed by atoms with E-state index in [0.29, 0.717) is 23.9 Å². The molecule has 8 heteroatoms. The third-order valence-electron chi connectivity index (χ3n) is 3.49. The van der Waals surface area contributed by atoms with Crippen LogP contribution in [-0.4, -0.2) is 24.3 Å². The summed E-state index contributed by atoms with van der Waals surface area (Å²) in [6, 6.07) is 9.08. The minimum Gasteiger partial charge on any atom is -0.343 e.